The fourth-order valence-electron chi connectivity index (χ4n) is 9.50. The van der Waals surface area contributed by atoms with Gasteiger partial charge in [-0.05, 0) is 85.3 Å². The quantitative estimate of drug-likeness (QED) is 0.0579. The summed E-state index contributed by atoms with van der Waals surface area (Å²) in [6, 6.07) is 23.2. The number of carbonyl (C=O) groups excluding carboxylic acids is 7. The number of imide groups is 2. The molecule has 3 aliphatic heterocycles. The van der Waals surface area contributed by atoms with Gasteiger partial charge in [-0.15, -0.1) is 0 Å². The molecule has 4 N–H and O–H groups in total. The number of hydrogen-bond donors (Lipinski definition) is 4. The molecule has 19 nitrogen and oxygen atoms in total. The summed E-state index contributed by atoms with van der Waals surface area (Å²) in [4.78, 5) is 93.6. The molecule has 3 aromatic carbocycles. The van der Waals surface area contributed by atoms with Crippen LogP contribution in [0.25, 0.3) is 0 Å². The molecule has 1 saturated carbocycles. The molecule has 1 aromatic heterocycles. The van der Waals surface area contributed by atoms with Gasteiger partial charge in [-0.2, -0.15) is 0 Å². The van der Waals surface area contributed by atoms with Crippen molar-refractivity contribution in [2.24, 2.45) is 0 Å². The van der Waals surface area contributed by atoms with Crippen molar-refractivity contribution >= 4 is 52.7 Å². The van der Waals surface area contributed by atoms with Crippen LogP contribution in [0.3, 0.4) is 0 Å². The Balaban J connectivity index is 0.644. The number of hydrogen-bond acceptors (Lipinski definition) is 13. The second-order valence-electron chi connectivity index (χ2n) is 18.2. The molecule has 4 aliphatic rings. The first kappa shape index (κ1) is 50.6. The maximum atomic E-state index is 13.5. The summed E-state index contributed by atoms with van der Waals surface area (Å²) in [5, 5.41) is 11.3. The summed E-state index contributed by atoms with van der Waals surface area (Å²) >= 11 is 0. The number of rotatable bonds is 24. The lowest BCUT2D eigenvalue weighted by atomic mass is 9.71. The first-order chi connectivity index (χ1) is 34.4. The number of aromatic nitrogens is 1. The van der Waals surface area contributed by atoms with Crippen LogP contribution in [0.15, 0.2) is 78.9 Å². The third-order valence-corrected chi connectivity index (χ3v) is 13.4. The molecule has 376 valence electrons. The lowest BCUT2D eigenvalue weighted by Gasteiger charge is -2.53. The van der Waals surface area contributed by atoms with E-state index < -0.39 is 29.7 Å². The number of nitrogens with one attached hydrogen (secondary N) is 4. The van der Waals surface area contributed by atoms with Crippen molar-refractivity contribution in [2.45, 2.75) is 69.7 Å². The van der Waals surface area contributed by atoms with Crippen molar-refractivity contribution in [1.82, 2.24) is 29.9 Å². The van der Waals surface area contributed by atoms with Crippen molar-refractivity contribution in [3.8, 4) is 0 Å². The summed E-state index contributed by atoms with van der Waals surface area (Å²) in [6.45, 7) is 5.66. The molecule has 7 amide bonds. The van der Waals surface area contributed by atoms with Crippen LogP contribution in [-0.2, 0) is 58.5 Å². The van der Waals surface area contributed by atoms with Crippen LogP contribution in [-0.4, -0.2) is 147 Å². The fraction of sp³-hybridized carbons (Fsp3) is 0.442. The summed E-state index contributed by atoms with van der Waals surface area (Å²) in [5.74, 6) is -2.53. The van der Waals surface area contributed by atoms with Crippen LogP contribution >= 0.6 is 0 Å². The second kappa shape index (κ2) is 23.4. The molecule has 1 saturated heterocycles. The van der Waals surface area contributed by atoms with Crippen LogP contribution in [0.5, 0.6) is 0 Å². The van der Waals surface area contributed by atoms with Crippen molar-refractivity contribution in [1.29, 1.82) is 0 Å². The van der Waals surface area contributed by atoms with Gasteiger partial charge in [0.25, 0.3) is 23.6 Å². The normalized spacial score (nSPS) is 17.1. The molecule has 4 heterocycles. The molecular formula is C52H62N8O11. The minimum Gasteiger partial charge on any atom is -0.382 e. The van der Waals surface area contributed by atoms with Gasteiger partial charge in [-0.25, -0.2) is 0 Å². The molecular weight excluding hydrogens is 913 g/mol. The maximum Gasteiger partial charge on any atom is 0.268 e. The number of nitrogens with zero attached hydrogens (tertiary/aromatic N) is 4. The van der Waals surface area contributed by atoms with Crippen molar-refractivity contribution in [3.63, 3.8) is 0 Å². The monoisotopic (exact) mass is 974 g/mol. The standard InChI is InChI=1S/C52H62N8O11/c1-57(2)49(65)37-11-7-36(8-12-37)34-58-23-24-59-41(15-17-43(59)52(58)20-4-21-52)47(63)54-33-35-9-13-38(14-10-35)55-45(62)19-25-68-27-29-70-31-32-71-30-28-69-26-22-53-40-6-3-5-39-46(40)51(67)60(50(39)66)42-16-18-44(61)56-48(42)64/h3,5-15,17,42,53H,4,16,18-34H2,1-2H3,(H,54,63)(H,55,62)(H,56,61,64). The van der Waals surface area contributed by atoms with Gasteiger partial charge in [0.15, 0.2) is 0 Å². The predicted octanol–water partition coefficient (Wildman–Crippen LogP) is 3.92. The average Bonchev–Trinajstić information content (AvgIpc) is 3.90. The minimum atomic E-state index is -1.03. The Morgan fingerprint density at radius 1 is 0.761 bits per heavy atom. The number of benzene rings is 3. The fourth-order valence-corrected chi connectivity index (χ4v) is 9.50. The molecule has 8 rings (SSSR count). The highest BCUT2D eigenvalue weighted by molar-refractivity contribution is 6.25. The average molecular weight is 975 g/mol. The molecule has 1 atom stereocenters. The van der Waals surface area contributed by atoms with Gasteiger partial charge in [-0.3, -0.25) is 48.7 Å². The lowest BCUT2D eigenvalue weighted by Crippen LogP contribution is -2.56. The predicted molar refractivity (Wildman–Crippen MR) is 261 cm³/mol. The van der Waals surface area contributed by atoms with Crippen molar-refractivity contribution in [2.75, 3.05) is 90.7 Å². The third-order valence-electron chi connectivity index (χ3n) is 13.4. The Morgan fingerprint density at radius 3 is 2.10 bits per heavy atom. The van der Waals surface area contributed by atoms with Crippen molar-refractivity contribution in [3.05, 3.63) is 118 Å². The Hall–Kier alpha value is -6.77. The van der Waals surface area contributed by atoms with Crippen LogP contribution in [0.4, 0.5) is 11.4 Å². The first-order valence-electron chi connectivity index (χ1n) is 24.3. The Morgan fingerprint density at radius 2 is 1.44 bits per heavy atom. The number of amides is 7. The second-order valence-corrected chi connectivity index (χ2v) is 18.2. The summed E-state index contributed by atoms with van der Waals surface area (Å²) < 4.78 is 24.5. The van der Waals surface area contributed by atoms with E-state index in [2.05, 4.69) is 36.8 Å². The smallest absolute Gasteiger partial charge is 0.268 e. The summed E-state index contributed by atoms with van der Waals surface area (Å²) in [5.41, 5.74) is 6.00. The molecule has 1 spiro atoms. The minimum absolute atomic E-state index is 0.0115. The van der Waals surface area contributed by atoms with Crippen LogP contribution < -0.4 is 21.3 Å². The number of carbonyl (C=O) groups is 7. The molecule has 0 radical (unpaired) electrons. The van der Waals surface area contributed by atoms with Gasteiger partial charge in [0.1, 0.15) is 11.7 Å². The Bertz CT molecular complexity index is 2590. The van der Waals surface area contributed by atoms with Gasteiger partial charge in [-0.1, -0.05) is 30.3 Å². The molecule has 2 fully saturated rings. The highest BCUT2D eigenvalue weighted by Gasteiger charge is 2.49. The molecule has 1 aliphatic carbocycles. The SMILES string of the molecule is CN(C)C(=O)c1ccc(CN2CCn3c(C(=O)NCc4ccc(NC(=O)CCOCCOCCOCCOCCNc5cccc6c5C(=O)N(C5CCC(=O)NC5=O)C6=O)cc4)ccc3C23CCC3)cc1. The van der Waals surface area contributed by atoms with E-state index >= 15 is 0 Å². The third kappa shape index (κ3) is 11.9. The highest BCUT2D eigenvalue weighted by atomic mass is 16.6. The van der Waals surface area contributed by atoms with E-state index in [1.807, 2.05) is 54.6 Å². The zero-order chi connectivity index (χ0) is 49.9. The Kier molecular flexibility index (Phi) is 16.7. The number of ether oxygens (including phenoxy) is 4. The highest BCUT2D eigenvalue weighted by Crippen LogP contribution is 2.49. The van der Waals surface area contributed by atoms with Crippen LogP contribution in [0.2, 0.25) is 0 Å². The van der Waals surface area contributed by atoms with Gasteiger partial charge in [0.05, 0.1) is 75.9 Å². The molecule has 4 aromatic rings. The van der Waals surface area contributed by atoms with E-state index in [1.54, 1.807) is 37.2 Å². The summed E-state index contributed by atoms with van der Waals surface area (Å²) in [6.07, 6.45) is 3.54. The van der Waals surface area contributed by atoms with E-state index in [-0.39, 0.29) is 60.3 Å². The maximum absolute atomic E-state index is 13.5. The van der Waals surface area contributed by atoms with Gasteiger partial charge in [0, 0.05) is 75.9 Å². The zero-order valence-corrected chi connectivity index (χ0v) is 40.3. The number of anilines is 2. The van der Waals surface area contributed by atoms with Crippen molar-refractivity contribution < 1.29 is 52.5 Å². The van der Waals surface area contributed by atoms with E-state index in [4.69, 9.17) is 18.9 Å². The van der Waals surface area contributed by atoms with Gasteiger partial charge < -0.3 is 44.4 Å². The van der Waals surface area contributed by atoms with E-state index in [0.717, 1.165) is 48.4 Å². The summed E-state index contributed by atoms with van der Waals surface area (Å²) in [7, 11) is 3.51. The molecule has 1 unspecified atom stereocenters. The molecule has 0 bridgehead atoms. The van der Waals surface area contributed by atoms with Crippen LogP contribution in [0.1, 0.15) is 96.9 Å². The molecule has 71 heavy (non-hydrogen) atoms. The first-order valence-corrected chi connectivity index (χ1v) is 24.3. The Labute approximate surface area is 412 Å². The molecule has 19 heteroatoms. The van der Waals surface area contributed by atoms with Gasteiger partial charge >= 0.3 is 0 Å². The number of piperidine rings is 1. The van der Waals surface area contributed by atoms with E-state index in [0.29, 0.717) is 88.5 Å². The zero-order valence-electron chi connectivity index (χ0n) is 40.3. The number of fused-ring (bicyclic) bond motifs is 3. The van der Waals surface area contributed by atoms with Crippen LogP contribution in [0, 0.1) is 0 Å². The largest absolute Gasteiger partial charge is 0.382 e. The lowest BCUT2D eigenvalue weighted by molar-refractivity contribution is -0.136. The van der Waals surface area contributed by atoms with Gasteiger partial charge in [0.2, 0.25) is 17.7 Å². The van der Waals surface area contributed by atoms with E-state index in [9.17, 15) is 33.6 Å². The van der Waals surface area contributed by atoms with E-state index in [1.165, 1.54) is 5.69 Å². The topological polar surface area (TPSA) is 219 Å².